The number of hydrogen-bond acceptors (Lipinski definition) is 6. The van der Waals surface area contributed by atoms with Crippen LogP contribution in [0.3, 0.4) is 0 Å². The van der Waals surface area contributed by atoms with Crippen LogP contribution in [0.4, 0.5) is 0 Å². The molecule has 0 aromatic carbocycles. The lowest BCUT2D eigenvalue weighted by molar-refractivity contribution is -0.127. The van der Waals surface area contributed by atoms with Crippen LogP contribution in [0.25, 0.3) is 17.2 Å². The molecule has 32 heavy (non-hydrogen) atoms. The Hall–Kier alpha value is -3.82. The van der Waals surface area contributed by atoms with E-state index in [1.54, 1.807) is 12.3 Å². The van der Waals surface area contributed by atoms with Crippen LogP contribution in [-0.2, 0) is 4.79 Å². The standard InChI is InChI=1S/C22H23N7O3/c30-18(3-2-14-9-23-13-27-20(14)31)29-12-22(5-1-6-22)8-15(29)10-26-21(32)17-11-25-19-16(28-17)4-7-24-19/h2-4,7,9,11,13,15H,1,5-6,8,10,12H2,(H,24,25)(H,26,32)(H,23,27,31)/b3-2+. The summed E-state index contributed by atoms with van der Waals surface area (Å²) in [5.74, 6) is -0.496. The number of amides is 2. The highest BCUT2D eigenvalue weighted by Gasteiger charge is 2.48. The van der Waals surface area contributed by atoms with Crippen LogP contribution in [0.15, 0.2) is 41.9 Å². The number of aromatic amines is 2. The molecular weight excluding hydrogens is 410 g/mol. The van der Waals surface area contributed by atoms with Crippen molar-refractivity contribution in [2.45, 2.75) is 31.7 Å². The first-order chi connectivity index (χ1) is 15.5. The van der Waals surface area contributed by atoms with E-state index in [1.807, 2.05) is 4.90 Å². The molecule has 1 atom stereocenters. The van der Waals surface area contributed by atoms with Gasteiger partial charge in [0.15, 0.2) is 5.65 Å². The van der Waals surface area contributed by atoms with Crippen molar-refractivity contribution in [2.75, 3.05) is 13.1 Å². The van der Waals surface area contributed by atoms with Gasteiger partial charge >= 0.3 is 0 Å². The molecular formula is C22H23N7O3. The third kappa shape index (κ3) is 3.79. The molecule has 1 saturated heterocycles. The van der Waals surface area contributed by atoms with Crippen molar-refractivity contribution in [1.29, 1.82) is 0 Å². The third-order valence-electron chi connectivity index (χ3n) is 6.46. The molecule has 164 valence electrons. The Labute approximate surface area is 183 Å². The van der Waals surface area contributed by atoms with Crippen LogP contribution in [0.5, 0.6) is 0 Å². The zero-order valence-electron chi connectivity index (χ0n) is 17.4. The normalized spacial score (nSPS) is 19.5. The Kier molecular flexibility index (Phi) is 5.04. The van der Waals surface area contributed by atoms with Crippen molar-refractivity contribution in [3.8, 4) is 0 Å². The minimum absolute atomic E-state index is 0.118. The van der Waals surface area contributed by atoms with E-state index in [9.17, 15) is 14.4 Å². The number of nitrogens with zero attached hydrogens (tertiary/aromatic N) is 4. The summed E-state index contributed by atoms with van der Waals surface area (Å²) in [5, 5.41) is 2.92. The highest BCUT2D eigenvalue weighted by Crippen LogP contribution is 2.50. The molecule has 1 spiro atoms. The molecule has 0 bridgehead atoms. The molecule has 1 aliphatic heterocycles. The summed E-state index contributed by atoms with van der Waals surface area (Å²) in [6.45, 7) is 0.996. The summed E-state index contributed by atoms with van der Waals surface area (Å²) in [6, 6.07) is 1.64. The monoisotopic (exact) mass is 433 g/mol. The Morgan fingerprint density at radius 3 is 2.94 bits per heavy atom. The lowest BCUT2D eigenvalue weighted by Gasteiger charge is -2.37. The first-order valence-electron chi connectivity index (χ1n) is 10.6. The number of rotatable bonds is 5. The molecule has 3 aromatic rings. The molecule has 2 aliphatic rings. The lowest BCUT2D eigenvalue weighted by atomic mass is 9.67. The largest absolute Gasteiger partial charge is 0.349 e. The topological polar surface area (TPSA) is 137 Å². The Morgan fingerprint density at radius 1 is 1.28 bits per heavy atom. The highest BCUT2D eigenvalue weighted by molar-refractivity contribution is 5.94. The van der Waals surface area contributed by atoms with Gasteiger partial charge in [0.25, 0.3) is 11.5 Å². The van der Waals surface area contributed by atoms with E-state index < -0.39 is 0 Å². The van der Waals surface area contributed by atoms with E-state index in [-0.39, 0.29) is 34.5 Å². The van der Waals surface area contributed by atoms with Crippen LogP contribution >= 0.6 is 0 Å². The molecule has 10 heteroatoms. The number of likely N-dealkylation sites (tertiary alicyclic amines) is 1. The maximum atomic E-state index is 13.0. The SMILES string of the molecule is O=C(NCC1CC2(CCC2)CN1C(=O)/C=C/c1cnc[nH]c1=O)c1cnc2[nH]ccc2n1. The number of carbonyl (C=O) groups is 2. The smallest absolute Gasteiger partial charge is 0.271 e. The predicted octanol–water partition coefficient (Wildman–Crippen LogP) is 1.26. The van der Waals surface area contributed by atoms with Crippen molar-refractivity contribution in [2.24, 2.45) is 5.41 Å². The van der Waals surface area contributed by atoms with Crippen LogP contribution in [0.1, 0.15) is 41.7 Å². The molecule has 10 nitrogen and oxygen atoms in total. The van der Waals surface area contributed by atoms with E-state index in [4.69, 9.17) is 0 Å². The quantitative estimate of drug-likeness (QED) is 0.518. The van der Waals surface area contributed by atoms with Gasteiger partial charge in [-0.2, -0.15) is 0 Å². The summed E-state index contributed by atoms with van der Waals surface area (Å²) in [7, 11) is 0. The molecule has 2 amide bonds. The molecule has 1 saturated carbocycles. The van der Waals surface area contributed by atoms with E-state index in [0.29, 0.717) is 29.8 Å². The highest BCUT2D eigenvalue weighted by atomic mass is 16.2. The first kappa shape index (κ1) is 20.1. The van der Waals surface area contributed by atoms with Crippen molar-refractivity contribution in [3.63, 3.8) is 0 Å². The molecule has 0 radical (unpaired) electrons. The van der Waals surface area contributed by atoms with Gasteiger partial charge in [-0.15, -0.1) is 0 Å². The number of carbonyl (C=O) groups excluding carboxylic acids is 2. The zero-order chi connectivity index (χ0) is 22.1. The number of nitrogens with one attached hydrogen (secondary N) is 3. The van der Waals surface area contributed by atoms with E-state index >= 15 is 0 Å². The van der Waals surface area contributed by atoms with E-state index in [1.165, 1.54) is 30.9 Å². The molecule has 2 fully saturated rings. The lowest BCUT2D eigenvalue weighted by Crippen LogP contribution is -2.43. The molecule has 5 rings (SSSR count). The Bertz CT molecular complexity index is 1260. The van der Waals surface area contributed by atoms with Crippen LogP contribution in [0, 0.1) is 5.41 Å². The fraction of sp³-hybridized carbons (Fsp3) is 0.364. The van der Waals surface area contributed by atoms with Crippen LogP contribution < -0.4 is 10.9 Å². The summed E-state index contributed by atoms with van der Waals surface area (Å²) in [4.78, 5) is 57.1. The second kappa shape index (κ2) is 8.03. The molecule has 1 aliphatic carbocycles. The summed E-state index contributed by atoms with van der Waals surface area (Å²) in [6.07, 6.45) is 13.0. The van der Waals surface area contributed by atoms with Gasteiger partial charge in [-0.25, -0.2) is 15.0 Å². The molecule has 1 unspecified atom stereocenters. The zero-order valence-corrected chi connectivity index (χ0v) is 17.4. The molecule has 4 heterocycles. The Balaban J connectivity index is 1.28. The average Bonchev–Trinajstić information content (AvgIpc) is 3.41. The first-order valence-corrected chi connectivity index (χ1v) is 10.6. The summed E-state index contributed by atoms with van der Waals surface area (Å²) >= 11 is 0. The number of fused-ring (bicyclic) bond motifs is 1. The van der Waals surface area contributed by atoms with E-state index in [2.05, 4.69) is 30.2 Å². The van der Waals surface area contributed by atoms with Gasteiger partial charge in [0.2, 0.25) is 5.91 Å². The van der Waals surface area contributed by atoms with Gasteiger partial charge in [-0.05, 0) is 36.8 Å². The number of aromatic nitrogens is 5. The van der Waals surface area contributed by atoms with Crippen molar-refractivity contribution in [1.82, 2.24) is 35.1 Å². The minimum atomic E-state index is -0.319. The number of H-pyrrole nitrogens is 2. The van der Waals surface area contributed by atoms with Gasteiger partial charge < -0.3 is 20.2 Å². The van der Waals surface area contributed by atoms with Crippen LogP contribution in [0.2, 0.25) is 0 Å². The predicted molar refractivity (Wildman–Crippen MR) is 117 cm³/mol. The fourth-order valence-electron chi connectivity index (χ4n) is 4.62. The van der Waals surface area contributed by atoms with Crippen molar-refractivity contribution < 1.29 is 9.59 Å². The Morgan fingerprint density at radius 2 is 2.16 bits per heavy atom. The summed E-state index contributed by atoms with van der Waals surface area (Å²) in [5.41, 5.74) is 1.64. The average molecular weight is 433 g/mol. The van der Waals surface area contributed by atoms with E-state index in [0.717, 1.165) is 25.7 Å². The fourth-order valence-corrected chi connectivity index (χ4v) is 4.62. The second-order valence-electron chi connectivity index (χ2n) is 8.52. The second-order valence-corrected chi connectivity index (χ2v) is 8.52. The maximum absolute atomic E-state index is 13.0. The third-order valence-corrected chi connectivity index (χ3v) is 6.46. The van der Waals surface area contributed by atoms with Gasteiger partial charge in [-0.1, -0.05) is 6.42 Å². The van der Waals surface area contributed by atoms with Crippen LogP contribution in [-0.4, -0.2) is 60.8 Å². The molecule has 3 aromatic heterocycles. The number of hydrogen-bond donors (Lipinski definition) is 3. The van der Waals surface area contributed by atoms with Crippen molar-refractivity contribution >= 4 is 29.1 Å². The van der Waals surface area contributed by atoms with Crippen molar-refractivity contribution in [3.05, 3.63) is 58.7 Å². The maximum Gasteiger partial charge on any atom is 0.271 e. The van der Waals surface area contributed by atoms with Gasteiger partial charge in [0, 0.05) is 37.6 Å². The molecule has 3 N–H and O–H groups in total. The van der Waals surface area contributed by atoms with Gasteiger partial charge in [0.05, 0.1) is 18.1 Å². The van der Waals surface area contributed by atoms with Gasteiger partial charge in [0.1, 0.15) is 11.2 Å². The minimum Gasteiger partial charge on any atom is -0.349 e. The summed E-state index contributed by atoms with van der Waals surface area (Å²) < 4.78 is 0. The van der Waals surface area contributed by atoms with Gasteiger partial charge in [-0.3, -0.25) is 14.4 Å².